The van der Waals surface area contributed by atoms with Gasteiger partial charge in [0, 0.05) is 29.8 Å². The van der Waals surface area contributed by atoms with E-state index in [1.54, 1.807) is 13.3 Å². The van der Waals surface area contributed by atoms with Gasteiger partial charge < -0.3 is 19.3 Å². The van der Waals surface area contributed by atoms with Crippen LogP contribution in [0.15, 0.2) is 47.1 Å². The molecule has 0 saturated carbocycles. The second kappa shape index (κ2) is 7.98. The molecule has 0 unspecified atom stereocenters. The lowest BCUT2D eigenvalue weighted by atomic mass is 9.84. The van der Waals surface area contributed by atoms with E-state index in [0.29, 0.717) is 24.2 Å². The zero-order valence-electron chi connectivity index (χ0n) is 16.1. The van der Waals surface area contributed by atoms with Gasteiger partial charge in [0.1, 0.15) is 5.75 Å². The Kier molecular flexibility index (Phi) is 5.25. The molecule has 7 nitrogen and oxygen atoms in total. The zero-order chi connectivity index (χ0) is 19.4. The van der Waals surface area contributed by atoms with Gasteiger partial charge in [-0.05, 0) is 49.7 Å². The Labute approximate surface area is 164 Å². The molecule has 0 radical (unpaired) electrons. The highest BCUT2D eigenvalue weighted by Gasteiger charge is 2.27. The summed E-state index contributed by atoms with van der Waals surface area (Å²) in [5.41, 5.74) is 1.77. The first-order valence-electron chi connectivity index (χ1n) is 9.43. The van der Waals surface area contributed by atoms with Crippen LogP contribution in [0.25, 0.3) is 22.8 Å². The summed E-state index contributed by atoms with van der Waals surface area (Å²) in [6, 6.07) is 11.2. The Morgan fingerprint density at radius 1 is 1.14 bits per heavy atom. The molecule has 1 saturated heterocycles. The summed E-state index contributed by atoms with van der Waals surface area (Å²) in [4.78, 5) is 8.85. The van der Waals surface area contributed by atoms with E-state index in [2.05, 4.69) is 27.4 Å². The Morgan fingerprint density at radius 3 is 2.64 bits per heavy atom. The van der Waals surface area contributed by atoms with E-state index in [1.165, 1.54) is 6.42 Å². The number of rotatable bonds is 6. The quantitative estimate of drug-likeness (QED) is 0.700. The minimum atomic E-state index is 0.151. The number of ether oxygens (including phenoxy) is 2. The topological polar surface area (TPSA) is 82.3 Å². The molecule has 0 spiro atoms. The van der Waals surface area contributed by atoms with E-state index in [-0.39, 0.29) is 5.41 Å². The van der Waals surface area contributed by atoms with Gasteiger partial charge in [0.25, 0.3) is 5.89 Å². The molecular weight excluding hydrogens is 356 g/mol. The Hall–Kier alpha value is -2.93. The normalized spacial score (nSPS) is 19.4. The number of piperidine rings is 1. The number of methoxy groups -OCH3 is 1. The molecule has 1 aliphatic rings. The van der Waals surface area contributed by atoms with Crippen molar-refractivity contribution >= 4 is 0 Å². The van der Waals surface area contributed by atoms with E-state index in [1.807, 2.05) is 36.4 Å². The van der Waals surface area contributed by atoms with Crippen LogP contribution in [-0.2, 0) is 0 Å². The van der Waals surface area contributed by atoms with Crippen molar-refractivity contribution in [1.29, 1.82) is 0 Å². The molecular formula is C21H24N4O3. The van der Waals surface area contributed by atoms with Crippen LogP contribution in [-0.4, -0.2) is 41.9 Å². The van der Waals surface area contributed by atoms with Gasteiger partial charge in [-0.2, -0.15) is 4.98 Å². The van der Waals surface area contributed by atoms with Crippen LogP contribution in [0, 0.1) is 5.41 Å². The van der Waals surface area contributed by atoms with Gasteiger partial charge in [-0.3, -0.25) is 0 Å². The van der Waals surface area contributed by atoms with Crippen molar-refractivity contribution in [2.75, 3.05) is 26.8 Å². The minimum absolute atomic E-state index is 0.151. The maximum absolute atomic E-state index is 5.91. The molecule has 1 N–H and O–H groups in total. The first-order valence-corrected chi connectivity index (χ1v) is 9.43. The van der Waals surface area contributed by atoms with Gasteiger partial charge in [0.15, 0.2) is 0 Å². The maximum atomic E-state index is 5.91. The second-order valence-corrected chi connectivity index (χ2v) is 7.42. The number of hydrogen-bond donors (Lipinski definition) is 1. The summed E-state index contributed by atoms with van der Waals surface area (Å²) in [5.74, 6) is 2.33. The molecule has 1 fully saturated rings. The molecule has 2 aromatic heterocycles. The molecule has 146 valence electrons. The summed E-state index contributed by atoms with van der Waals surface area (Å²) in [7, 11) is 1.63. The van der Waals surface area contributed by atoms with Crippen LogP contribution in [0.2, 0.25) is 0 Å². The number of nitrogens with one attached hydrogen (secondary N) is 1. The van der Waals surface area contributed by atoms with Crippen molar-refractivity contribution in [3.63, 3.8) is 0 Å². The summed E-state index contributed by atoms with van der Waals surface area (Å²) in [6.07, 6.45) is 4.04. The average Bonchev–Trinajstić information content (AvgIpc) is 3.24. The van der Waals surface area contributed by atoms with Crippen LogP contribution in [0.5, 0.6) is 11.6 Å². The molecule has 1 aliphatic heterocycles. The number of pyridine rings is 1. The highest BCUT2D eigenvalue weighted by atomic mass is 16.5. The predicted octanol–water partition coefficient (Wildman–Crippen LogP) is 3.58. The average molecular weight is 380 g/mol. The van der Waals surface area contributed by atoms with Gasteiger partial charge in [0.05, 0.1) is 19.3 Å². The van der Waals surface area contributed by atoms with Crippen molar-refractivity contribution in [2.45, 2.75) is 19.8 Å². The van der Waals surface area contributed by atoms with Crippen molar-refractivity contribution in [3.8, 4) is 34.5 Å². The smallest absolute Gasteiger partial charge is 0.259 e. The van der Waals surface area contributed by atoms with Crippen molar-refractivity contribution in [3.05, 3.63) is 42.6 Å². The van der Waals surface area contributed by atoms with E-state index >= 15 is 0 Å². The summed E-state index contributed by atoms with van der Waals surface area (Å²) < 4.78 is 16.5. The fourth-order valence-electron chi connectivity index (χ4n) is 3.28. The van der Waals surface area contributed by atoms with Gasteiger partial charge in [-0.15, -0.1) is 0 Å². The fourth-order valence-corrected chi connectivity index (χ4v) is 3.28. The lowest BCUT2D eigenvalue weighted by molar-refractivity contribution is 0.125. The highest BCUT2D eigenvalue weighted by Crippen LogP contribution is 2.27. The Morgan fingerprint density at radius 2 is 1.96 bits per heavy atom. The third kappa shape index (κ3) is 4.14. The van der Waals surface area contributed by atoms with Crippen molar-refractivity contribution < 1.29 is 14.0 Å². The first-order chi connectivity index (χ1) is 13.6. The summed E-state index contributed by atoms with van der Waals surface area (Å²) in [5, 5.41) is 7.48. The number of benzene rings is 1. The third-order valence-electron chi connectivity index (χ3n) is 5.01. The van der Waals surface area contributed by atoms with Crippen LogP contribution < -0.4 is 14.8 Å². The lowest BCUT2D eigenvalue weighted by Crippen LogP contribution is -2.41. The van der Waals surface area contributed by atoms with Crippen LogP contribution in [0.4, 0.5) is 0 Å². The molecule has 0 bridgehead atoms. The molecule has 1 aromatic carbocycles. The van der Waals surface area contributed by atoms with E-state index in [0.717, 1.165) is 36.4 Å². The fraction of sp³-hybridized carbons (Fsp3) is 0.381. The standard InChI is InChI=1S/C21H24N4O3/c1-21(10-3-11-22-13-21)14-27-18-9-6-16(12-23-18)20-24-19(25-28-20)15-4-7-17(26-2)8-5-15/h4-9,12,22H,3,10-11,13-14H2,1-2H3/t21-/m0/s1. The maximum Gasteiger partial charge on any atom is 0.259 e. The molecule has 7 heteroatoms. The Balaban J connectivity index is 1.41. The first kappa shape index (κ1) is 18.4. The molecule has 0 amide bonds. The molecule has 0 aliphatic carbocycles. The largest absolute Gasteiger partial charge is 0.497 e. The number of nitrogens with zero attached hydrogens (tertiary/aromatic N) is 3. The molecule has 28 heavy (non-hydrogen) atoms. The summed E-state index contributed by atoms with van der Waals surface area (Å²) >= 11 is 0. The van der Waals surface area contributed by atoms with E-state index < -0.39 is 0 Å². The lowest BCUT2D eigenvalue weighted by Gasteiger charge is -2.33. The van der Waals surface area contributed by atoms with Crippen molar-refractivity contribution in [1.82, 2.24) is 20.4 Å². The predicted molar refractivity (Wildman–Crippen MR) is 105 cm³/mol. The monoisotopic (exact) mass is 380 g/mol. The van der Waals surface area contributed by atoms with E-state index in [4.69, 9.17) is 14.0 Å². The number of hydrogen-bond acceptors (Lipinski definition) is 7. The highest BCUT2D eigenvalue weighted by molar-refractivity contribution is 5.60. The van der Waals surface area contributed by atoms with Gasteiger partial charge in [0.2, 0.25) is 11.7 Å². The third-order valence-corrected chi connectivity index (χ3v) is 5.01. The van der Waals surface area contributed by atoms with Gasteiger partial charge in [-0.1, -0.05) is 12.1 Å². The number of aromatic nitrogens is 3. The van der Waals surface area contributed by atoms with Crippen LogP contribution in [0.3, 0.4) is 0 Å². The molecule has 1 atom stereocenters. The minimum Gasteiger partial charge on any atom is -0.497 e. The molecule has 4 rings (SSSR count). The van der Waals surface area contributed by atoms with Gasteiger partial charge >= 0.3 is 0 Å². The molecule has 3 heterocycles. The SMILES string of the molecule is COc1ccc(-c2noc(-c3ccc(OC[C@@]4(C)CCCNC4)nc3)n2)cc1. The van der Waals surface area contributed by atoms with Gasteiger partial charge in [-0.25, -0.2) is 4.98 Å². The van der Waals surface area contributed by atoms with Crippen LogP contribution >= 0.6 is 0 Å². The Bertz CT molecular complexity index is 900. The van der Waals surface area contributed by atoms with Crippen molar-refractivity contribution in [2.24, 2.45) is 5.41 Å². The second-order valence-electron chi connectivity index (χ2n) is 7.42. The summed E-state index contributed by atoms with van der Waals surface area (Å²) in [6.45, 7) is 4.95. The van der Waals surface area contributed by atoms with Crippen LogP contribution in [0.1, 0.15) is 19.8 Å². The van der Waals surface area contributed by atoms with E-state index in [9.17, 15) is 0 Å². The molecule has 3 aromatic rings. The zero-order valence-corrected chi connectivity index (χ0v) is 16.1.